The summed E-state index contributed by atoms with van der Waals surface area (Å²) in [7, 11) is 0. The van der Waals surface area contributed by atoms with Crippen LogP contribution in [0, 0.1) is 17.6 Å². The minimum Gasteiger partial charge on any atom is -0.452 e. The highest BCUT2D eigenvalue weighted by molar-refractivity contribution is 5.92. The van der Waals surface area contributed by atoms with Crippen molar-refractivity contribution in [3.8, 4) is 0 Å². The lowest BCUT2D eigenvalue weighted by molar-refractivity contribution is -0.125. The number of carbonyl (C=O) groups is 2. The predicted molar refractivity (Wildman–Crippen MR) is 73.5 cm³/mol. The summed E-state index contributed by atoms with van der Waals surface area (Å²) in [5.41, 5.74) is 4.15. The molecule has 1 aromatic rings. The van der Waals surface area contributed by atoms with E-state index in [9.17, 15) is 18.4 Å². The van der Waals surface area contributed by atoms with Crippen molar-refractivity contribution in [2.24, 2.45) is 5.92 Å². The molecule has 0 saturated carbocycles. The number of esters is 1. The Morgan fingerprint density at radius 3 is 2.43 bits per heavy atom. The number of halogens is 2. The second kappa shape index (κ2) is 7.01. The Labute approximate surface area is 121 Å². The summed E-state index contributed by atoms with van der Waals surface area (Å²) in [5, 5.41) is 2.62. The Bertz CT molecular complexity index is 547. The fourth-order valence-corrected chi connectivity index (χ4v) is 1.39. The summed E-state index contributed by atoms with van der Waals surface area (Å²) >= 11 is 0. The molecule has 0 spiro atoms. The first-order chi connectivity index (χ1) is 9.72. The quantitative estimate of drug-likeness (QED) is 0.642. The zero-order valence-electron chi connectivity index (χ0n) is 12.1. The molecule has 7 heteroatoms. The molecule has 5 nitrogen and oxygen atoms in total. The van der Waals surface area contributed by atoms with Gasteiger partial charge in [-0.3, -0.25) is 4.79 Å². The number of hydrogen-bond acceptors (Lipinski definition) is 4. The number of anilines is 1. The van der Waals surface area contributed by atoms with Crippen molar-refractivity contribution in [1.82, 2.24) is 5.32 Å². The monoisotopic (exact) mass is 300 g/mol. The molecule has 0 saturated heterocycles. The molecular weight excluding hydrogens is 282 g/mol. The van der Waals surface area contributed by atoms with E-state index in [0.29, 0.717) is 12.1 Å². The number of benzene rings is 1. The fraction of sp³-hybridized carbons (Fsp3) is 0.429. The van der Waals surface area contributed by atoms with Crippen LogP contribution in [0.5, 0.6) is 0 Å². The first kappa shape index (κ1) is 16.9. The van der Waals surface area contributed by atoms with Crippen molar-refractivity contribution < 1.29 is 23.1 Å². The van der Waals surface area contributed by atoms with Crippen LogP contribution in [0.1, 0.15) is 31.1 Å². The number of rotatable bonds is 5. The zero-order valence-corrected chi connectivity index (χ0v) is 12.1. The van der Waals surface area contributed by atoms with E-state index in [0.717, 1.165) is 0 Å². The highest BCUT2D eigenvalue weighted by Gasteiger charge is 2.18. The molecule has 0 fully saturated rings. The maximum Gasteiger partial charge on any atom is 0.341 e. The molecule has 0 aliphatic rings. The van der Waals surface area contributed by atoms with Crippen LogP contribution < -0.4 is 11.1 Å². The van der Waals surface area contributed by atoms with Gasteiger partial charge in [-0.1, -0.05) is 13.8 Å². The lowest BCUT2D eigenvalue weighted by Gasteiger charge is -2.17. The number of nitrogen functional groups attached to an aromatic ring is 1. The highest BCUT2D eigenvalue weighted by atomic mass is 19.1. The second-order valence-corrected chi connectivity index (χ2v) is 5.03. The third-order valence-corrected chi connectivity index (χ3v) is 3.03. The second-order valence-electron chi connectivity index (χ2n) is 5.03. The normalized spacial score (nSPS) is 12.1. The predicted octanol–water partition coefficient (Wildman–Crippen LogP) is 1.86. The number of amides is 1. The molecule has 1 rings (SSSR count). The van der Waals surface area contributed by atoms with Crippen molar-refractivity contribution >= 4 is 17.6 Å². The minimum absolute atomic E-state index is 0.0955. The van der Waals surface area contributed by atoms with Crippen molar-refractivity contribution in [2.45, 2.75) is 26.8 Å². The van der Waals surface area contributed by atoms with Gasteiger partial charge in [0.2, 0.25) is 0 Å². The summed E-state index contributed by atoms with van der Waals surface area (Å²) in [5.74, 6) is -3.36. The van der Waals surface area contributed by atoms with Crippen LogP contribution in [0.4, 0.5) is 14.5 Å². The SMILES string of the molecule is CC(C)C(C)NC(=O)COC(=O)c1cc(F)c(N)cc1F. The topological polar surface area (TPSA) is 81.4 Å². The molecule has 0 heterocycles. The molecule has 1 aromatic carbocycles. The van der Waals surface area contributed by atoms with Gasteiger partial charge in [-0.15, -0.1) is 0 Å². The molecule has 0 aliphatic carbocycles. The number of nitrogens with two attached hydrogens (primary N) is 1. The molecule has 116 valence electrons. The molecule has 0 aromatic heterocycles. The van der Waals surface area contributed by atoms with Gasteiger partial charge in [-0.25, -0.2) is 13.6 Å². The van der Waals surface area contributed by atoms with E-state index in [1.165, 1.54) is 0 Å². The summed E-state index contributed by atoms with van der Waals surface area (Å²) in [6.45, 7) is 5.08. The van der Waals surface area contributed by atoms with Gasteiger partial charge in [-0.2, -0.15) is 0 Å². The zero-order chi connectivity index (χ0) is 16.2. The van der Waals surface area contributed by atoms with Crippen LogP contribution in [-0.2, 0) is 9.53 Å². The van der Waals surface area contributed by atoms with Gasteiger partial charge in [0.25, 0.3) is 5.91 Å². The molecule has 3 N–H and O–H groups in total. The van der Waals surface area contributed by atoms with Gasteiger partial charge in [0.15, 0.2) is 6.61 Å². The van der Waals surface area contributed by atoms with Crippen LogP contribution in [0.2, 0.25) is 0 Å². The third-order valence-electron chi connectivity index (χ3n) is 3.03. The standard InChI is InChI=1S/C14H18F2N2O3/c1-7(2)8(3)18-13(19)6-21-14(20)9-4-11(16)12(17)5-10(9)15/h4-5,7-8H,6,17H2,1-3H3,(H,18,19). The van der Waals surface area contributed by atoms with E-state index in [-0.39, 0.29) is 12.0 Å². The van der Waals surface area contributed by atoms with Gasteiger partial charge in [0, 0.05) is 12.1 Å². The smallest absolute Gasteiger partial charge is 0.341 e. The average molecular weight is 300 g/mol. The molecule has 1 unspecified atom stereocenters. The van der Waals surface area contributed by atoms with Crippen molar-refractivity contribution in [3.05, 3.63) is 29.3 Å². The lowest BCUT2D eigenvalue weighted by atomic mass is 10.1. The van der Waals surface area contributed by atoms with E-state index in [4.69, 9.17) is 5.73 Å². The fourth-order valence-electron chi connectivity index (χ4n) is 1.39. The summed E-state index contributed by atoms with van der Waals surface area (Å²) in [4.78, 5) is 23.1. The van der Waals surface area contributed by atoms with Crippen LogP contribution in [0.3, 0.4) is 0 Å². The van der Waals surface area contributed by atoms with Gasteiger partial charge in [0.1, 0.15) is 11.6 Å². The highest BCUT2D eigenvalue weighted by Crippen LogP contribution is 2.17. The number of carbonyl (C=O) groups excluding carboxylic acids is 2. The minimum atomic E-state index is -1.13. The Balaban J connectivity index is 2.62. The van der Waals surface area contributed by atoms with Crippen molar-refractivity contribution in [3.63, 3.8) is 0 Å². The van der Waals surface area contributed by atoms with E-state index in [1.54, 1.807) is 6.92 Å². The maximum absolute atomic E-state index is 13.5. The lowest BCUT2D eigenvalue weighted by Crippen LogP contribution is -2.38. The summed E-state index contributed by atoms with van der Waals surface area (Å²) in [6, 6.07) is 1.23. The first-order valence-corrected chi connectivity index (χ1v) is 6.43. The molecule has 1 atom stereocenters. The van der Waals surface area contributed by atoms with E-state index in [1.807, 2.05) is 13.8 Å². The summed E-state index contributed by atoms with van der Waals surface area (Å²) in [6.07, 6.45) is 0. The largest absolute Gasteiger partial charge is 0.452 e. The maximum atomic E-state index is 13.5. The number of nitrogens with one attached hydrogen (secondary N) is 1. The Hall–Kier alpha value is -2.18. The van der Waals surface area contributed by atoms with Crippen molar-refractivity contribution in [1.29, 1.82) is 0 Å². The Morgan fingerprint density at radius 2 is 1.86 bits per heavy atom. The van der Waals surface area contributed by atoms with Crippen LogP contribution in [0.25, 0.3) is 0 Å². The van der Waals surface area contributed by atoms with Gasteiger partial charge >= 0.3 is 5.97 Å². The van der Waals surface area contributed by atoms with Gasteiger partial charge in [-0.05, 0) is 18.9 Å². The molecule has 0 radical (unpaired) electrons. The Morgan fingerprint density at radius 1 is 1.24 bits per heavy atom. The molecule has 1 amide bonds. The number of ether oxygens (including phenoxy) is 1. The third kappa shape index (κ3) is 4.70. The van der Waals surface area contributed by atoms with Crippen LogP contribution >= 0.6 is 0 Å². The summed E-state index contributed by atoms with van der Waals surface area (Å²) < 4.78 is 31.3. The number of hydrogen-bond donors (Lipinski definition) is 2. The molecular formula is C14H18F2N2O3. The van der Waals surface area contributed by atoms with Gasteiger partial charge in [0.05, 0.1) is 11.3 Å². The first-order valence-electron chi connectivity index (χ1n) is 6.43. The molecule has 21 heavy (non-hydrogen) atoms. The van der Waals surface area contributed by atoms with E-state index in [2.05, 4.69) is 10.1 Å². The molecule has 0 aliphatic heterocycles. The van der Waals surface area contributed by atoms with Crippen molar-refractivity contribution in [2.75, 3.05) is 12.3 Å². The molecule has 0 bridgehead atoms. The van der Waals surface area contributed by atoms with Gasteiger partial charge < -0.3 is 15.8 Å². The van der Waals surface area contributed by atoms with Crippen LogP contribution in [0.15, 0.2) is 12.1 Å². The Kier molecular flexibility index (Phi) is 5.63. The van der Waals surface area contributed by atoms with E-state index >= 15 is 0 Å². The average Bonchev–Trinajstić information content (AvgIpc) is 2.40. The van der Waals surface area contributed by atoms with E-state index < -0.39 is 41.4 Å². The van der Waals surface area contributed by atoms with Crippen LogP contribution in [-0.4, -0.2) is 24.5 Å².